The van der Waals surface area contributed by atoms with Crippen LogP contribution in [0.3, 0.4) is 0 Å². The summed E-state index contributed by atoms with van der Waals surface area (Å²) in [5.74, 6) is 0.570. The molecule has 0 unspecified atom stereocenters. The number of likely N-dealkylation sites (tertiary alicyclic amines) is 1. The summed E-state index contributed by atoms with van der Waals surface area (Å²) in [7, 11) is 0. The number of halogens is 1. The second-order valence-corrected chi connectivity index (χ2v) is 6.92. The molecule has 2 saturated heterocycles. The fourth-order valence-corrected chi connectivity index (χ4v) is 3.69. The summed E-state index contributed by atoms with van der Waals surface area (Å²) < 4.78 is 25.5. The van der Waals surface area contributed by atoms with Crippen LogP contribution in [0.15, 0.2) is 48.8 Å². The zero-order valence-electron chi connectivity index (χ0n) is 14.4. The van der Waals surface area contributed by atoms with Gasteiger partial charge in [-0.1, -0.05) is 18.2 Å². The number of benzene rings is 1. The van der Waals surface area contributed by atoms with Crippen molar-refractivity contribution in [2.75, 3.05) is 26.3 Å². The van der Waals surface area contributed by atoms with Crippen molar-refractivity contribution in [1.29, 1.82) is 0 Å². The highest BCUT2D eigenvalue weighted by molar-refractivity contribution is 5.80. The minimum Gasteiger partial charge on any atom is -0.492 e. The maximum Gasteiger partial charge on any atom is 0.227 e. The molecule has 0 bridgehead atoms. The van der Waals surface area contributed by atoms with E-state index < -0.39 is 0 Å². The standard InChI is InChI=1S/C20H21FN2O3/c21-18-6-2-1-4-15(18)10-19(24)23-13-20(14-23)16(7-9-26-20)12-25-17-5-3-8-22-11-17/h1-6,8,11,16H,7,9-10,12-14H2/t16-/m0/s1. The molecular formula is C20H21FN2O3. The van der Waals surface area contributed by atoms with E-state index in [4.69, 9.17) is 9.47 Å². The molecule has 0 aliphatic carbocycles. The number of aromatic nitrogens is 1. The number of hydrogen-bond donors (Lipinski definition) is 0. The highest BCUT2D eigenvalue weighted by Gasteiger charge is 2.54. The molecule has 5 nitrogen and oxygen atoms in total. The van der Waals surface area contributed by atoms with Crippen molar-refractivity contribution < 1.29 is 18.7 Å². The van der Waals surface area contributed by atoms with Gasteiger partial charge in [0, 0.05) is 18.7 Å². The maximum absolute atomic E-state index is 13.7. The van der Waals surface area contributed by atoms with Gasteiger partial charge >= 0.3 is 0 Å². The molecule has 2 aliphatic rings. The van der Waals surface area contributed by atoms with Crippen molar-refractivity contribution >= 4 is 5.91 Å². The third-order valence-electron chi connectivity index (χ3n) is 5.25. The molecule has 26 heavy (non-hydrogen) atoms. The first-order chi connectivity index (χ1) is 12.7. The van der Waals surface area contributed by atoms with Crippen molar-refractivity contribution in [2.45, 2.75) is 18.4 Å². The normalized spacial score (nSPS) is 20.8. The predicted octanol–water partition coefficient (Wildman–Crippen LogP) is 2.46. The molecule has 136 valence electrons. The van der Waals surface area contributed by atoms with Gasteiger partial charge in [0.25, 0.3) is 0 Å². The maximum atomic E-state index is 13.7. The molecule has 1 amide bonds. The third-order valence-corrected chi connectivity index (χ3v) is 5.25. The molecule has 1 aromatic carbocycles. The molecule has 1 aromatic heterocycles. The van der Waals surface area contributed by atoms with E-state index in [0.717, 1.165) is 12.2 Å². The number of ether oxygens (including phenoxy) is 2. The molecule has 1 atom stereocenters. The fourth-order valence-electron chi connectivity index (χ4n) is 3.69. The first-order valence-electron chi connectivity index (χ1n) is 8.84. The summed E-state index contributed by atoms with van der Waals surface area (Å²) in [6, 6.07) is 10.1. The first kappa shape index (κ1) is 17.0. The first-order valence-corrected chi connectivity index (χ1v) is 8.84. The highest BCUT2D eigenvalue weighted by Crippen LogP contribution is 2.40. The Labute approximate surface area is 151 Å². The molecule has 2 aliphatic heterocycles. The largest absolute Gasteiger partial charge is 0.492 e. The quantitative estimate of drug-likeness (QED) is 0.826. The van der Waals surface area contributed by atoms with Crippen LogP contribution in [0.2, 0.25) is 0 Å². The fraction of sp³-hybridized carbons (Fsp3) is 0.400. The van der Waals surface area contributed by atoms with Crippen LogP contribution in [-0.4, -0.2) is 47.7 Å². The molecular weight excluding hydrogens is 335 g/mol. The van der Waals surface area contributed by atoms with Crippen LogP contribution in [0.25, 0.3) is 0 Å². The SMILES string of the molecule is O=C(Cc1ccccc1F)N1CC2(C1)OCC[C@H]2COc1cccnc1. The molecule has 4 rings (SSSR count). The number of rotatable bonds is 5. The monoisotopic (exact) mass is 356 g/mol. The summed E-state index contributed by atoms with van der Waals surface area (Å²) >= 11 is 0. The van der Waals surface area contributed by atoms with Gasteiger partial charge in [0.05, 0.1) is 32.3 Å². The van der Waals surface area contributed by atoms with E-state index in [9.17, 15) is 9.18 Å². The molecule has 0 saturated carbocycles. The van der Waals surface area contributed by atoms with Gasteiger partial charge in [0.1, 0.15) is 17.2 Å². The molecule has 0 radical (unpaired) electrons. The van der Waals surface area contributed by atoms with Crippen LogP contribution in [0.4, 0.5) is 4.39 Å². The van der Waals surface area contributed by atoms with Gasteiger partial charge in [0.2, 0.25) is 5.91 Å². The Morgan fingerprint density at radius 1 is 1.31 bits per heavy atom. The molecule has 1 spiro atoms. The van der Waals surface area contributed by atoms with Gasteiger partial charge in [-0.3, -0.25) is 9.78 Å². The van der Waals surface area contributed by atoms with E-state index in [1.54, 1.807) is 35.5 Å². The molecule has 2 fully saturated rings. The lowest BCUT2D eigenvalue weighted by Crippen LogP contribution is -2.67. The highest BCUT2D eigenvalue weighted by atomic mass is 19.1. The van der Waals surface area contributed by atoms with Crippen molar-refractivity contribution in [3.63, 3.8) is 0 Å². The Bertz CT molecular complexity index is 778. The van der Waals surface area contributed by atoms with Gasteiger partial charge < -0.3 is 14.4 Å². The zero-order valence-corrected chi connectivity index (χ0v) is 14.4. The summed E-state index contributed by atoms with van der Waals surface area (Å²) in [6.45, 7) is 2.31. The minimum atomic E-state index is -0.337. The van der Waals surface area contributed by atoms with Crippen molar-refractivity contribution in [1.82, 2.24) is 9.88 Å². The lowest BCUT2D eigenvalue weighted by molar-refractivity contribution is -0.166. The molecule has 2 aromatic rings. The number of carbonyl (C=O) groups is 1. The lowest BCUT2D eigenvalue weighted by atomic mass is 9.81. The van der Waals surface area contributed by atoms with E-state index in [1.807, 2.05) is 12.1 Å². The minimum absolute atomic E-state index is 0.0665. The van der Waals surface area contributed by atoms with Crippen LogP contribution in [-0.2, 0) is 16.0 Å². The second-order valence-electron chi connectivity index (χ2n) is 6.92. The number of hydrogen-bond acceptors (Lipinski definition) is 4. The lowest BCUT2D eigenvalue weighted by Gasteiger charge is -2.50. The Morgan fingerprint density at radius 3 is 2.92 bits per heavy atom. The second kappa shape index (κ2) is 7.03. The van der Waals surface area contributed by atoms with E-state index in [1.165, 1.54) is 6.07 Å². The van der Waals surface area contributed by atoms with Gasteiger partial charge in [-0.15, -0.1) is 0 Å². The summed E-state index contributed by atoms with van der Waals surface area (Å²) in [5.41, 5.74) is 0.106. The predicted molar refractivity (Wildman–Crippen MR) is 93.2 cm³/mol. The van der Waals surface area contributed by atoms with Gasteiger partial charge in [-0.05, 0) is 30.2 Å². The van der Waals surface area contributed by atoms with Crippen molar-refractivity contribution in [3.05, 3.63) is 60.2 Å². The zero-order chi connectivity index (χ0) is 18.0. The van der Waals surface area contributed by atoms with Crippen LogP contribution >= 0.6 is 0 Å². The van der Waals surface area contributed by atoms with E-state index in [-0.39, 0.29) is 29.7 Å². The van der Waals surface area contributed by atoms with Crippen molar-refractivity contribution in [3.8, 4) is 5.75 Å². The molecule has 6 heteroatoms. The average Bonchev–Trinajstić information content (AvgIpc) is 3.05. The summed E-state index contributed by atoms with van der Waals surface area (Å²) in [6.07, 6.45) is 4.39. The van der Waals surface area contributed by atoms with Crippen LogP contribution in [0.5, 0.6) is 5.75 Å². The van der Waals surface area contributed by atoms with Crippen LogP contribution < -0.4 is 4.74 Å². The van der Waals surface area contributed by atoms with Crippen molar-refractivity contribution in [2.24, 2.45) is 5.92 Å². The Kier molecular flexibility index (Phi) is 4.59. The van der Waals surface area contributed by atoms with E-state index >= 15 is 0 Å². The Morgan fingerprint density at radius 2 is 2.15 bits per heavy atom. The van der Waals surface area contributed by atoms with Crippen LogP contribution in [0, 0.1) is 11.7 Å². The smallest absolute Gasteiger partial charge is 0.227 e. The summed E-state index contributed by atoms with van der Waals surface area (Å²) in [5, 5.41) is 0. The van der Waals surface area contributed by atoms with Gasteiger partial charge in [0.15, 0.2) is 0 Å². The number of carbonyl (C=O) groups excluding carboxylic acids is 1. The van der Waals surface area contributed by atoms with Gasteiger partial charge in [-0.25, -0.2) is 4.39 Å². The molecule has 3 heterocycles. The van der Waals surface area contributed by atoms with E-state index in [0.29, 0.717) is 31.9 Å². The third kappa shape index (κ3) is 3.29. The summed E-state index contributed by atoms with van der Waals surface area (Å²) in [4.78, 5) is 18.2. The number of amides is 1. The Balaban J connectivity index is 1.33. The number of pyridine rings is 1. The van der Waals surface area contributed by atoms with E-state index in [2.05, 4.69) is 4.98 Å². The topological polar surface area (TPSA) is 51.7 Å². The average molecular weight is 356 g/mol. The Hall–Kier alpha value is -2.47. The van der Waals surface area contributed by atoms with Gasteiger partial charge in [-0.2, -0.15) is 0 Å². The van der Waals surface area contributed by atoms with Crippen LogP contribution in [0.1, 0.15) is 12.0 Å². The number of nitrogens with zero attached hydrogens (tertiary/aromatic N) is 2. The molecule has 0 N–H and O–H groups in total.